The Morgan fingerprint density at radius 2 is 1.48 bits per heavy atom. The molecule has 2 aromatic rings. The fourth-order valence-electron chi connectivity index (χ4n) is 3.80. The van der Waals surface area contributed by atoms with E-state index in [0.717, 1.165) is 0 Å². The van der Waals surface area contributed by atoms with Crippen molar-refractivity contribution in [1.29, 1.82) is 0 Å². The lowest BCUT2D eigenvalue weighted by atomic mass is 9.94. The Bertz CT molecular complexity index is 794. The average molecular weight is 366 g/mol. The van der Waals surface area contributed by atoms with Crippen LogP contribution in [0, 0.1) is 11.8 Å². The molecule has 3 rings (SSSR count). The van der Waals surface area contributed by atoms with Gasteiger partial charge in [0.15, 0.2) is 5.78 Å². The second-order valence-corrected chi connectivity index (χ2v) is 7.63. The number of hydrogen-bond donors (Lipinski definition) is 1. The predicted molar refractivity (Wildman–Crippen MR) is 105 cm³/mol. The van der Waals surface area contributed by atoms with Crippen molar-refractivity contribution >= 4 is 11.8 Å². The SMILES string of the molecule is CC(C)[C@H](OCC1c2ccccc2-c2ccccc21)C(=O)C[C@@H](C)C(=O)O. The van der Waals surface area contributed by atoms with Crippen LogP contribution < -0.4 is 0 Å². The number of carbonyl (C=O) groups is 2. The molecule has 27 heavy (non-hydrogen) atoms. The molecular weight excluding hydrogens is 340 g/mol. The molecule has 0 saturated heterocycles. The second-order valence-electron chi connectivity index (χ2n) is 7.63. The molecule has 2 atom stereocenters. The fraction of sp³-hybridized carbons (Fsp3) is 0.391. The largest absolute Gasteiger partial charge is 0.481 e. The first-order valence-electron chi connectivity index (χ1n) is 9.45. The highest BCUT2D eigenvalue weighted by Gasteiger charge is 2.31. The summed E-state index contributed by atoms with van der Waals surface area (Å²) in [6.07, 6.45) is -0.595. The zero-order valence-electron chi connectivity index (χ0n) is 16.0. The maximum Gasteiger partial charge on any atom is 0.306 e. The first-order valence-corrected chi connectivity index (χ1v) is 9.45. The standard InChI is InChI=1S/C23H26O4/c1-14(2)22(21(24)12-15(3)23(25)26)27-13-20-18-10-6-4-8-16(18)17-9-5-7-11-19(17)20/h4-11,14-15,20,22H,12-13H2,1-3H3,(H,25,26)/t15-,22+/m1/s1. The number of aliphatic carboxylic acids is 1. The fourth-order valence-corrected chi connectivity index (χ4v) is 3.80. The van der Waals surface area contributed by atoms with Crippen LogP contribution in [-0.2, 0) is 14.3 Å². The summed E-state index contributed by atoms with van der Waals surface area (Å²) in [6.45, 7) is 5.83. The summed E-state index contributed by atoms with van der Waals surface area (Å²) in [5, 5.41) is 9.08. The molecule has 0 radical (unpaired) electrons. The summed E-state index contributed by atoms with van der Waals surface area (Å²) in [4.78, 5) is 23.7. The zero-order valence-corrected chi connectivity index (χ0v) is 16.0. The van der Waals surface area contributed by atoms with Crippen molar-refractivity contribution in [1.82, 2.24) is 0 Å². The molecule has 0 bridgehead atoms. The van der Waals surface area contributed by atoms with Crippen LogP contribution in [-0.4, -0.2) is 29.6 Å². The number of carboxylic acids is 1. The highest BCUT2D eigenvalue weighted by Crippen LogP contribution is 2.44. The topological polar surface area (TPSA) is 63.6 Å². The smallest absolute Gasteiger partial charge is 0.306 e. The maximum atomic E-state index is 12.6. The number of Topliss-reactive ketones (excluding diaryl/α,β-unsaturated/α-hetero) is 1. The molecule has 4 heteroatoms. The van der Waals surface area contributed by atoms with E-state index in [1.807, 2.05) is 38.1 Å². The number of benzene rings is 2. The van der Waals surface area contributed by atoms with Gasteiger partial charge in [-0.15, -0.1) is 0 Å². The minimum Gasteiger partial charge on any atom is -0.481 e. The Labute approximate surface area is 160 Å². The molecular formula is C23H26O4. The summed E-state index contributed by atoms with van der Waals surface area (Å²) < 4.78 is 6.10. The minimum atomic E-state index is -0.954. The van der Waals surface area contributed by atoms with E-state index in [0.29, 0.717) is 6.61 Å². The Morgan fingerprint density at radius 3 is 1.96 bits per heavy atom. The molecule has 0 spiro atoms. The van der Waals surface area contributed by atoms with Crippen molar-refractivity contribution in [2.45, 2.75) is 39.2 Å². The number of rotatable bonds is 8. The van der Waals surface area contributed by atoms with Gasteiger partial charge < -0.3 is 9.84 Å². The first kappa shape index (κ1) is 19.3. The highest BCUT2D eigenvalue weighted by atomic mass is 16.5. The van der Waals surface area contributed by atoms with Crippen molar-refractivity contribution in [3.05, 3.63) is 59.7 Å². The molecule has 0 saturated carbocycles. The lowest BCUT2D eigenvalue weighted by molar-refractivity contribution is -0.145. The molecule has 1 aliphatic rings. The molecule has 0 unspecified atom stereocenters. The highest BCUT2D eigenvalue weighted by molar-refractivity contribution is 5.87. The summed E-state index contributed by atoms with van der Waals surface area (Å²) in [7, 11) is 0. The number of ketones is 1. The van der Waals surface area contributed by atoms with Gasteiger partial charge in [-0.25, -0.2) is 0 Å². The lowest BCUT2D eigenvalue weighted by Gasteiger charge is -2.24. The Hall–Kier alpha value is -2.46. The van der Waals surface area contributed by atoms with Crippen LogP contribution in [0.5, 0.6) is 0 Å². The maximum absolute atomic E-state index is 12.6. The minimum absolute atomic E-state index is 0.00395. The van der Waals surface area contributed by atoms with E-state index in [1.165, 1.54) is 22.3 Å². The van der Waals surface area contributed by atoms with Gasteiger partial charge in [0, 0.05) is 12.3 Å². The Balaban J connectivity index is 1.78. The van der Waals surface area contributed by atoms with E-state index in [1.54, 1.807) is 6.92 Å². The summed E-state index contributed by atoms with van der Waals surface area (Å²) in [6, 6.07) is 16.6. The third kappa shape index (κ3) is 3.96. The number of hydrogen-bond acceptors (Lipinski definition) is 3. The summed E-state index contributed by atoms with van der Waals surface area (Å²) in [5.74, 6) is -1.71. The van der Waals surface area contributed by atoms with Gasteiger partial charge in [0.2, 0.25) is 0 Å². The molecule has 1 N–H and O–H groups in total. The van der Waals surface area contributed by atoms with Gasteiger partial charge in [0.1, 0.15) is 6.10 Å². The third-order valence-corrected chi connectivity index (χ3v) is 5.26. The van der Waals surface area contributed by atoms with Crippen LogP contribution >= 0.6 is 0 Å². The third-order valence-electron chi connectivity index (χ3n) is 5.26. The van der Waals surface area contributed by atoms with Crippen molar-refractivity contribution in [3.8, 4) is 11.1 Å². The summed E-state index contributed by atoms with van der Waals surface area (Å²) in [5.41, 5.74) is 4.86. The van der Waals surface area contributed by atoms with Gasteiger partial charge >= 0.3 is 5.97 Å². The van der Waals surface area contributed by atoms with E-state index < -0.39 is 18.0 Å². The average Bonchev–Trinajstić information content (AvgIpc) is 2.96. The van der Waals surface area contributed by atoms with Gasteiger partial charge in [-0.2, -0.15) is 0 Å². The van der Waals surface area contributed by atoms with Crippen LogP contribution in [0.3, 0.4) is 0 Å². The van der Waals surface area contributed by atoms with Gasteiger partial charge in [0.05, 0.1) is 12.5 Å². The van der Waals surface area contributed by atoms with Crippen molar-refractivity contribution in [2.24, 2.45) is 11.8 Å². The zero-order chi connectivity index (χ0) is 19.6. The Morgan fingerprint density at radius 1 is 0.963 bits per heavy atom. The number of fused-ring (bicyclic) bond motifs is 3. The molecule has 0 amide bonds. The van der Waals surface area contributed by atoms with E-state index in [4.69, 9.17) is 9.84 Å². The molecule has 142 valence electrons. The molecule has 4 nitrogen and oxygen atoms in total. The van der Waals surface area contributed by atoms with Crippen LogP contribution in [0.4, 0.5) is 0 Å². The van der Waals surface area contributed by atoms with Crippen LogP contribution in [0.2, 0.25) is 0 Å². The normalized spacial score (nSPS) is 15.3. The van der Waals surface area contributed by atoms with Crippen molar-refractivity contribution in [3.63, 3.8) is 0 Å². The molecule has 0 aromatic heterocycles. The predicted octanol–water partition coefficient (Wildman–Crippen LogP) is 4.52. The van der Waals surface area contributed by atoms with E-state index in [9.17, 15) is 9.59 Å². The quantitative estimate of drug-likeness (QED) is 0.746. The Kier molecular flexibility index (Phi) is 5.76. The van der Waals surface area contributed by atoms with Gasteiger partial charge in [0.25, 0.3) is 0 Å². The molecule has 0 heterocycles. The second kappa shape index (κ2) is 8.05. The van der Waals surface area contributed by atoms with Gasteiger partial charge in [-0.1, -0.05) is 69.3 Å². The number of carboxylic acid groups (broad SMARTS) is 1. The number of carbonyl (C=O) groups excluding carboxylic acids is 1. The van der Waals surface area contributed by atoms with Crippen molar-refractivity contribution in [2.75, 3.05) is 6.61 Å². The lowest BCUT2D eigenvalue weighted by Crippen LogP contribution is -2.33. The van der Waals surface area contributed by atoms with Crippen LogP contribution in [0.15, 0.2) is 48.5 Å². The van der Waals surface area contributed by atoms with Gasteiger partial charge in [-0.3, -0.25) is 9.59 Å². The van der Waals surface area contributed by atoms with Crippen LogP contribution in [0.1, 0.15) is 44.2 Å². The number of ether oxygens (including phenoxy) is 1. The monoisotopic (exact) mass is 366 g/mol. The van der Waals surface area contributed by atoms with E-state index >= 15 is 0 Å². The summed E-state index contributed by atoms with van der Waals surface area (Å²) >= 11 is 0. The molecule has 1 aliphatic carbocycles. The molecule has 0 aliphatic heterocycles. The molecule has 0 fully saturated rings. The van der Waals surface area contributed by atoms with E-state index in [-0.39, 0.29) is 24.0 Å². The first-order chi connectivity index (χ1) is 12.9. The van der Waals surface area contributed by atoms with Crippen molar-refractivity contribution < 1.29 is 19.4 Å². The van der Waals surface area contributed by atoms with Gasteiger partial charge in [-0.05, 0) is 28.2 Å². The molecule has 2 aromatic carbocycles. The van der Waals surface area contributed by atoms with Crippen LogP contribution in [0.25, 0.3) is 11.1 Å². The van der Waals surface area contributed by atoms with E-state index in [2.05, 4.69) is 24.3 Å².